The zero-order chi connectivity index (χ0) is 17.6. The van der Waals surface area contributed by atoms with Crippen molar-refractivity contribution in [3.63, 3.8) is 0 Å². The Balaban J connectivity index is 1.77. The largest absolute Gasteiger partial charge is 0.395 e. The third kappa shape index (κ3) is 4.37. The minimum Gasteiger partial charge on any atom is -0.395 e. The van der Waals surface area contributed by atoms with E-state index in [1.807, 2.05) is 37.3 Å². The summed E-state index contributed by atoms with van der Waals surface area (Å²) in [5, 5.41) is 14.8. The first-order chi connectivity index (χ1) is 12.2. The molecular weight excluding hydrogens is 338 g/mol. The maximum absolute atomic E-state index is 11.9. The number of nitrogens with one attached hydrogen (secondary N) is 2. The number of anilines is 2. The highest BCUT2D eigenvalue weighted by Gasteiger charge is 2.12. The summed E-state index contributed by atoms with van der Waals surface area (Å²) < 4.78 is 0. The quantitative estimate of drug-likeness (QED) is 0.628. The highest BCUT2D eigenvalue weighted by Crippen LogP contribution is 2.26. The van der Waals surface area contributed by atoms with Crippen LogP contribution in [0.4, 0.5) is 11.6 Å². The normalized spacial score (nSPS) is 10.5. The average molecular weight is 355 g/mol. The van der Waals surface area contributed by atoms with Crippen LogP contribution in [0.25, 0.3) is 10.6 Å². The van der Waals surface area contributed by atoms with Gasteiger partial charge in [0.2, 0.25) is 0 Å². The van der Waals surface area contributed by atoms with Gasteiger partial charge in [-0.15, -0.1) is 11.3 Å². The van der Waals surface area contributed by atoms with Crippen molar-refractivity contribution in [3.05, 3.63) is 53.3 Å². The lowest BCUT2D eigenvalue weighted by Crippen LogP contribution is -2.26. The molecule has 7 nitrogen and oxygen atoms in total. The monoisotopic (exact) mass is 355 g/mol. The van der Waals surface area contributed by atoms with Crippen LogP contribution in [-0.4, -0.2) is 39.1 Å². The Labute approximate surface area is 148 Å². The van der Waals surface area contributed by atoms with E-state index < -0.39 is 0 Å². The van der Waals surface area contributed by atoms with Crippen LogP contribution in [-0.2, 0) is 0 Å². The van der Waals surface area contributed by atoms with E-state index in [4.69, 9.17) is 5.11 Å². The molecule has 0 saturated heterocycles. The Bertz CT molecular complexity index is 881. The molecule has 8 heteroatoms. The minimum atomic E-state index is -0.302. The Hall–Kier alpha value is -2.84. The van der Waals surface area contributed by atoms with Crippen molar-refractivity contribution in [1.82, 2.24) is 20.3 Å². The third-order valence-electron chi connectivity index (χ3n) is 3.27. The molecule has 0 atom stereocenters. The first-order valence-electron chi connectivity index (χ1n) is 7.68. The van der Waals surface area contributed by atoms with E-state index in [9.17, 15) is 4.79 Å². The molecule has 0 saturated carbocycles. The summed E-state index contributed by atoms with van der Waals surface area (Å²) in [6.45, 7) is 2.10. The van der Waals surface area contributed by atoms with Gasteiger partial charge in [0, 0.05) is 18.9 Å². The molecule has 3 rings (SSSR count). The molecule has 1 amide bonds. The summed E-state index contributed by atoms with van der Waals surface area (Å²) in [6.07, 6.45) is 3.36. The topological polar surface area (TPSA) is 100 Å². The van der Waals surface area contributed by atoms with Gasteiger partial charge in [0.1, 0.15) is 11.6 Å². The zero-order valence-electron chi connectivity index (χ0n) is 13.6. The molecule has 0 aromatic carbocycles. The van der Waals surface area contributed by atoms with Crippen molar-refractivity contribution in [1.29, 1.82) is 0 Å². The maximum atomic E-state index is 11.9. The van der Waals surface area contributed by atoms with E-state index in [0.29, 0.717) is 10.8 Å². The summed E-state index contributed by atoms with van der Waals surface area (Å²) in [5.74, 6) is 1.08. The molecule has 0 unspecified atom stereocenters. The van der Waals surface area contributed by atoms with Crippen LogP contribution < -0.4 is 10.6 Å². The number of carbonyl (C=O) groups is 1. The fourth-order valence-corrected chi connectivity index (χ4v) is 2.92. The number of aromatic nitrogens is 3. The van der Waals surface area contributed by atoms with Crippen molar-refractivity contribution in [3.8, 4) is 10.6 Å². The first-order valence-corrected chi connectivity index (χ1v) is 8.49. The predicted octanol–water partition coefficient (Wildman–Crippen LogP) is 2.37. The number of aliphatic hydroxyl groups is 1. The van der Waals surface area contributed by atoms with Crippen LogP contribution in [0.2, 0.25) is 0 Å². The van der Waals surface area contributed by atoms with Gasteiger partial charge in [0.15, 0.2) is 5.01 Å². The lowest BCUT2D eigenvalue weighted by Gasteiger charge is -2.06. The highest BCUT2D eigenvalue weighted by atomic mass is 32.1. The number of hydrogen-bond acceptors (Lipinski definition) is 7. The molecule has 0 aliphatic carbocycles. The molecule has 0 fully saturated rings. The number of rotatable bonds is 6. The summed E-state index contributed by atoms with van der Waals surface area (Å²) in [4.78, 5) is 25.6. The first kappa shape index (κ1) is 17.0. The van der Waals surface area contributed by atoms with Gasteiger partial charge in [-0.25, -0.2) is 15.0 Å². The standard InChI is InChI=1S/C17H17N5O2S/c1-11-5-6-18-15(9-11)22-14-4-2-3-12(21-14)13-10-20-17(25-13)16(24)19-7-8-23/h2-6,9-10,23H,7-8H2,1H3,(H,19,24)(H,18,21,22). The molecule has 25 heavy (non-hydrogen) atoms. The van der Waals surface area contributed by atoms with Crippen molar-refractivity contribution in [2.75, 3.05) is 18.5 Å². The van der Waals surface area contributed by atoms with Gasteiger partial charge in [-0.2, -0.15) is 0 Å². The second kappa shape index (κ2) is 7.82. The molecule has 0 radical (unpaired) electrons. The fraction of sp³-hybridized carbons (Fsp3) is 0.176. The van der Waals surface area contributed by atoms with Gasteiger partial charge in [0.25, 0.3) is 5.91 Å². The van der Waals surface area contributed by atoms with Gasteiger partial charge in [-0.1, -0.05) is 6.07 Å². The number of pyridine rings is 2. The van der Waals surface area contributed by atoms with Gasteiger partial charge in [0.05, 0.1) is 17.2 Å². The van der Waals surface area contributed by atoms with Gasteiger partial charge >= 0.3 is 0 Å². The van der Waals surface area contributed by atoms with Crippen LogP contribution in [0.5, 0.6) is 0 Å². The Morgan fingerprint density at radius 1 is 1.24 bits per heavy atom. The van der Waals surface area contributed by atoms with E-state index in [2.05, 4.69) is 25.6 Å². The molecule has 0 aliphatic rings. The minimum absolute atomic E-state index is 0.105. The summed E-state index contributed by atoms with van der Waals surface area (Å²) in [5.41, 5.74) is 1.83. The van der Waals surface area contributed by atoms with E-state index in [-0.39, 0.29) is 19.1 Å². The Morgan fingerprint density at radius 2 is 2.12 bits per heavy atom. The van der Waals surface area contributed by atoms with Crippen LogP contribution in [0.1, 0.15) is 15.4 Å². The maximum Gasteiger partial charge on any atom is 0.280 e. The smallest absolute Gasteiger partial charge is 0.280 e. The van der Waals surface area contributed by atoms with Crippen LogP contribution in [0.3, 0.4) is 0 Å². The van der Waals surface area contributed by atoms with E-state index >= 15 is 0 Å². The molecule has 3 aromatic heterocycles. The third-order valence-corrected chi connectivity index (χ3v) is 4.29. The molecular formula is C17H17N5O2S. The number of carbonyl (C=O) groups excluding carboxylic acids is 1. The summed E-state index contributed by atoms with van der Waals surface area (Å²) in [6, 6.07) is 9.45. The van der Waals surface area contributed by atoms with Crippen LogP contribution in [0.15, 0.2) is 42.7 Å². The van der Waals surface area contributed by atoms with Crippen molar-refractivity contribution in [2.24, 2.45) is 0 Å². The molecule has 0 bridgehead atoms. The van der Waals surface area contributed by atoms with Gasteiger partial charge < -0.3 is 15.7 Å². The van der Waals surface area contributed by atoms with Crippen LogP contribution >= 0.6 is 11.3 Å². The van der Waals surface area contributed by atoms with Crippen molar-refractivity contribution >= 4 is 28.9 Å². The lowest BCUT2D eigenvalue weighted by atomic mass is 10.3. The Morgan fingerprint density at radius 3 is 2.92 bits per heavy atom. The highest BCUT2D eigenvalue weighted by molar-refractivity contribution is 7.16. The average Bonchev–Trinajstić information content (AvgIpc) is 3.10. The summed E-state index contributed by atoms with van der Waals surface area (Å²) >= 11 is 1.25. The van der Waals surface area contributed by atoms with E-state index in [1.54, 1.807) is 12.4 Å². The molecule has 3 aromatic rings. The lowest BCUT2D eigenvalue weighted by molar-refractivity contribution is 0.0944. The number of aliphatic hydroxyl groups excluding tert-OH is 1. The zero-order valence-corrected chi connectivity index (χ0v) is 14.4. The van der Waals surface area contributed by atoms with Gasteiger partial charge in [-0.3, -0.25) is 4.79 Å². The second-order valence-electron chi connectivity index (χ2n) is 5.26. The van der Waals surface area contributed by atoms with Gasteiger partial charge in [-0.05, 0) is 36.8 Å². The fourth-order valence-electron chi connectivity index (χ4n) is 2.12. The number of aryl methyl sites for hydroxylation is 1. The van der Waals surface area contributed by atoms with Crippen LogP contribution in [0, 0.1) is 6.92 Å². The van der Waals surface area contributed by atoms with E-state index in [1.165, 1.54) is 11.3 Å². The molecule has 3 N–H and O–H groups in total. The Kier molecular flexibility index (Phi) is 5.32. The van der Waals surface area contributed by atoms with Crippen molar-refractivity contribution in [2.45, 2.75) is 6.92 Å². The second-order valence-corrected chi connectivity index (χ2v) is 6.29. The molecule has 3 heterocycles. The SMILES string of the molecule is Cc1ccnc(Nc2cccc(-c3cnc(C(=O)NCCO)s3)n2)c1. The van der Waals surface area contributed by atoms with E-state index in [0.717, 1.165) is 22.0 Å². The number of nitrogens with zero attached hydrogens (tertiary/aromatic N) is 3. The molecule has 0 spiro atoms. The number of amides is 1. The predicted molar refractivity (Wildman–Crippen MR) is 97.0 cm³/mol. The number of thiazole rings is 1. The van der Waals surface area contributed by atoms with Crippen molar-refractivity contribution < 1.29 is 9.90 Å². The number of hydrogen-bond donors (Lipinski definition) is 3. The molecule has 128 valence electrons. The molecule has 0 aliphatic heterocycles. The summed E-state index contributed by atoms with van der Waals surface area (Å²) in [7, 11) is 0.